The highest BCUT2D eigenvalue weighted by molar-refractivity contribution is 5.12. The third-order valence-corrected chi connectivity index (χ3v) is 7.19. The van der Waals surface area contributed by atoms with Gasteiger partial charge in [-0.1, -0.05) is 0 Å². The summed E-state index contributed by atoms with van der Waals surface area (Å²) in [5.74, 6) is 3.91. The molecule has 1 saturated heterocycles. The fourth-order valence-corrected chi connectivity index (χ4v) is 6.44. The molecule has 1 heterocycles. The van der Waals surface area contributed by atoms with Crippen molar-refractivity contribution < 1.29 is 0 Å². The first-order chi connectivity index (χ1) is 9.72. The normalized spacial score (nSPS) is 49.5. The van der Waals surface area contributed by atoms with Crippen LogP contribution in [0.5, 0.6) is 0 Å². The van der Waals surface area contributed by atoms with Gasteiger partial charge in [-0.15, -0.1) is 0 Å². The Morgan fingerprint density at radius 3 is 2.15 bits per heavy atom. The summed E-state index contributed by atoms with van der Waals surface area (Å²) in [6.07, 6.45) is 8.79. The quantitative estimate of drug-likeness (QED) is 0.835. The third kappa shape index (κ3) is 1.89. The van der Waals surface area contributed by atoms with E-state index in [0.29, 0.717) is 5.54 Å². The molecule has 0 aromatic heterocycles. The molecule has 5 rings (SSSR count). The molecule has 4 bridgehead atoms. The van der Waals surface area contributed by atoms with Gasteiger partial charge in [-0.05, 0) is 75.8 Å². The molecule has 1 aliphatic heterocycles. The van der Waals surface area contributed by atoms with E-state index in [1.807, 2.05) is 0 Å². The number of rotatable bonds is 2. The van der Waals surface area contributed by atoms with Crippen molar-refractivity contribution >= 4 is 0 Å². The summed E-state index contributed by atoms with van der Waals surface area (Å²) in [5, 5.41) is 0. The Kier molecular flexibility index (Phi) is 3.36. The maximum absolute atomic E-state index is 6.45. The molecule has 4 aliphatic carbocycles. The van der Waals surface area contributed by atoms with Gasteiger partial charge in [0.15, 0.2) is 0 Å². The third-order valence-electron chi connectivity index (χ3n) is 7.19. The minimum absolute atomic E-state index is 0.374. The van der Waals surface area contributed by atoms with Gasteiger partial charge in [0.2, 0.25) is 0 Å². The Labute approximate surface area is 123 Å². The van der Waals surface area contributed by atoms with E-state index in [9.17, 15) is 0 Å². The van der Waals surface area contributed by atoms with Crippen LogP contribution >= 0.6 is 0 Å². The van der Waals surface area contributed by atoms with Crippen LogP contribution in [0.3, 0.4) is 0 Å². The molecule has 0 radical (unpaired) electrons. The highest BCUT2D eigenvalue weighted by Gasteiger charge is 2.58. The lowest BCUT2D eigenvalue weighted by Crippen LogP contribution is -2.69. The van der Waals surface area contributed by atoms with E-state index in [1.165, 1.54) is 64.7 Å². The van der Waals surface area contributed by atoms with Crippen molar-refractivity contribution in [2.45, 2.75) is 44.1 Å². The molecule has 20 heavy (non-hydrogen) atoms. The van der Waals surface area contributed by atoms with Crippen LogP contribution in [-0.2, 0) is 0 Å². The number of hydrogen-bond acceptors (Lipinski definition) is 3. The first-order valence-electron chi connectivity index (χ1n) is 8.86. The lowest BCUT2D eigenvalue weighted by Gasteiger charge is -2.64. The Morgan fingerprint density at radius 1 is 0.900 bits per heavy atom. The summed E-state index contributed by atoms with van der Waals surface area (Å²) in [7, 11) is 2.27. The van der Waals surface area contributed by atoms with E-state index in [2.05, 4.69) is 16.8 Å². The van der Waals surface area contributed by atoms with E-state index in [4.69, 9.17) is 5.73 Å². The molecule has 114 valence electrons. The summed E-state index contributed by atoms with van der Waals surface area (Å²) >= 11 is 0. The molecule has 0 aromatic carbocycles. The topological polar surface area (TPSA) is 32.5 Å². The standard InChI is InChI=1S/C17H31N3/c1-19-3-2-4-20(6-5-19)17(12-18)15-8-13-7-14(10-15)11-16(17)9-13/h13-16H,2-12,18H2,1H3. The van der Waals surface area contributed by atoms with Crippen molar-refractivity contribution in [1.82, 2.24) is 9.80 Å². The van der Waals surface area contributed by atoms with Crippen LogP contribution < -0.4 is 5.73 Å². The van der Waals surface area contributed by atoms with Crippen molar-refractivity contribution in [3.63, 3.8) is 0 Å². The van der Waals surface area contributed by atoms with Gasteiger partial charge in [-0.3, -0.25) is 4.90 Å². The maximum atomic E-state index is 6.45. The van der Waals surface area contributed by atoms with Gasteiger partial charge < -0.3 is 10.6 Å². The van der Waals surface area contributed by atoms with Gasteiger partial charge in [0.05, 0.1) is 0 Å². The Morgan fingerprint density at radius 2 is 1.55 bits per heavy atom. The molecule has 5 fully saturated rings. The Balaban J connectivity index is 1.62. The predicted octanol–water partition coefficient (Wildman–Crippen LogP) is 1.78. The first-order valence-corrected chi connectivity index (χ1v) is 8.86. The van der Waals surface area contributed by atoms with E-state index >= 15 is 0 Å². The van der Waals surface area contributed by atoms with Crippen LogP contribution in [-0.4, -0.2) is 55.1 Å². The van der Waals surface area contributed by atoms with Gasteiger partial charge in [0, 0.05) is 31.7 Å². The largest absolute Gasteiger partial charge is 0.329 e. The number of nitrogens with two attached hydrogens (primary N) is 1. The summed E-state index contributed by atoms with van der Waals surface area (Å²) < 4.78 is 0. The Bertz CT molecular complexity index is 339. The van der Waals surface area contributed by atoms with Crippen LogP contribution in [0.4, 0.5) is 0 Å². The average Bonchev–Trinajstić information content (AvgIpc) is 2.64. The Hall–Kier alpha value is -0.120. The van der Waals surface area contributed by atoms with Gasteiger partial charge in [0.1, 0.15) is 0 Å². The molecule has 0 amide bonds. The molecule has 3 heteroatoms. The van der Waals surface area contributed by atoms with Gasteiger partial charge in [-0.25, -0.2) is 0 Å². The fourth-order valence-electron chi connectivity index (χ4n) is 6.44. The van der Waals surface area contributed by atoms with Crippen LogP contribution in [0.15, 0.2) is 0 Å². The van der Waals surface area contributed by atoms with Crippen molar-refractivity contribution in [1.29, 1.82) is 0 Å². The van der Waals surface area contributed by atoms with Gasteiger partial charge in [-0.2, -0.15) is 0 Å². The van der Waals surface area contributed by atoms with Gasteiger partial charge in [0.25, 0.3) is 0 Å². The molecule has 0 atom stereocenters. The van der Waals surface area contributed by atoms with Crippen molar-refractivity contribution in [2.24, 2.45) is 29.4 Å². The maximum Gasteiger partial charge on any atom is 0.0388 e. The molecule has 4 saturated carbocycles. The zero-order chi connectivity index (χ0) is 13.7. The van der Waals surface area contributed by atoms with Crippen molar-refractivity contribution in [2.75, 3.05) is 39.8 Å². The van der Waals surface area contributed by atoms with Crippen molar-refractivity contribution in [3.8, 4) is 0 Å². The molecule has 5 aliphatic rings. The summed E-state index contributed by atoms with van der Waals surface area (Å²) in [6.45, 7) is 5.93. The van der Waals surface area contributed by atoms with E-state index in [0.717, 1.165) is 30.2 Å². The molecular formula is C17H31N3. The lowest BCUT2D eigenvalue weighted by atomic mass is 9.48. The van der Waals surface area contributed by atoms with E-state index in [1.54, 1.807) is 0 Å². The first kappa shape index (κ1) is 13.5. The summed E-state index contributed by atoms with van der Waals surface area (Å²) in [5.41, 5.74) is 6.82. The zero-order valence-corrected chi connectivity index (χ0v) is 13.1. The second kappa shape index (κ2) is 4.96. The molecule has 0 aromatic rings. The van der Waals surface area contributed by atoms with Gasteiger partial charge >= 0.3 is 0 Å². The molecule has 0 spiro atoms. The minimum Gasteiger partial charge on any atom is -0.329 e. The number of nitrogens with zero attached hydrogens (tertiary/aromatic N) is 2. The van der Waals surface area contributed by atoms with Crippen LogP contribution in [0.2, 0.25) is 0 Å². The average molecular weight is 277 g/mol. The second-order valence-corrected chi connectivity index (χ2v) is 8.14. The predicted molar refractivity (Wildman–Crippen MR) is 82.5 cm³/mol. The van der Waals surface area contributed by atoms with E-state index < -0.39 is 0 Å². The molecule has 3 nitrogen and oxygen atoms in total. The molecule has 0 unspecified atom stereocenters. The van der Waals surface area contributed by atoms with E-state index in [-0.39, 0.29) is 0 Å². The number of hydrogen-bond donors (Lipinski definition) is 1. The highest BCUT2D eigenvalue weighted by atomic mass is 15.3. The fraction of sp³-hybridized carbons (Fsp3) is 1.00. The highest BCUT2D eigenvalue weighted by Crippen LogP contribution is 2.59. The van der Waals surface area contributed by atoms with Crippen LogP contribution in [0.1, 0.15) is 38.5 Å². The number of likely N-dealkylation sites (N-methyl/N-ethyl adjacent to an activating group) is 1. The molecule has 2 N–H and O–H groups in total. The van der Waals surface area contributed by atoms with Crippen molar-refractivity contribution in [3.05, 3.63) is 0 Å². The van der Waals surface area contributed by atoms with Crippen LogP contribution in [0, 0.1) is 23.7 Å². The monoisotopic (exact) mass is 277 g/mol. The smallest absolute Gasteiger partial charge is 0.0388 e. The zero-order valence-electron chi connectivity index (χ0n) is 13.1. The lowest BCUT2D eigenvalue weighted by molar-refractivity contribution is -0.130. The molecular weight excluding hydrogens is 246 g/mol. The minimum atomic E-state index is 0.374. The van der Waals surface area contributed by atoms with Crippen LogP contribution in [0.25, 0.3) is 0 Å². The second-order valence-electron chi connectivity index (χ2n) is 8.14. The SMILES string of the molecule is CN1CCCN(C2(CN)C3CC4CC(C3)CC2C4)CC1. The summed E-state index contributed by atoms with van der Waals surface area (Å²) in [4.78, 5) is 5.35. The summed E-state index contributed by atoms with van der Waals surface area (Å²) in [6, 6.07) is 0.